The van der Waals surface area contributed by atoms with Crippen molar-refractivity contribution in [2.24, 2.45) is 29.6 Å². The monoisotopic (exact) mass is 177 g/mol. The molecule has 4 fully saturated rings. The molecular weight excluding hydrogens is 158 g/mol. The minimum absolute atomic E-state index is 0.939. The number of fused-ring (bicyclic) bond motifs is 5. The van der Waals surface area contributed by atoms with Crippen LogP contribution in [-0.2, 0) is 0 Å². The number of hydrogen-bond donors (Lipinski definition) is 1. The lowest BCUT2D eigenvalue weighted by atomic mass is 9.95. The number of hydrogen-bond acceptors (Lipinski definition) is 1. The molecule has 5 atom stereocenters. The van der Waals surface area contributed by atoms with Gasteiger partial charge in [0.2, 0.25) is 0 Å². The lowest BCUT2D eigenvalue weighted by molar-refractivity contribution is 0.333. The first-order chi connectivity index (χ1) is 6.42. The maximum atomic E-state index is 3.83. The Morgan fingerprint density at radius 2 is 1.85 bits per heavy atom. The van der Waals surface area contributed by atoms with Crippen LogP contribution in [0.3, 0.4) is 0 Å². The van der Waals surface area contributed by atoms with E-state index in [0.29, 0.717) is 0 Å². The molecule has 2 bridgehead atoms. The van der Waals surface area contributed by atoms with Crippen molar-refractivity contribution < 1.29 is 0 Å². The van der Waals surface area contributed by atoms with E-state index in [1.54, 1.807) is 12.8 Å². The summed E-state index contributed by atoms with van der Waals surface area (Å²) >= 11 is 0. The zero-order valence-electron chi connectivity index (χ0n) is 8.21. The predicted molar refractivity (Wildman–Crippen MR) is 52.3 cm³/mol. The van der Waals surface area contributed by atoms with Crippen molar-refractivity contribution in [2.45, 2.75) is 38.1 Å². The van der Waals surface area contributed by atoms with Crippen LogP contribution in [0.1, 0.15) is 32.1 Å². The molecule has 13 heavy (non-hydrogen) atoms. The van der Waals surface area contributed by atoms with E-state index in [4.69, 9.17) is 0 Å². The first-order valence-corrected chi connectivity index (χ1v) is 6.15. The molecule has 72 valence electrons. The van der Waals surface area contributed by atoms with Crippen LogP contribution in [0.5, 0.6) is 0 Å². The van der Waals surface area contributed by atoms with Gasteiger partial charge >= 0.3 is 0 Å². The number of nitrogens with one attached hydrogen (secondary N) is 1. The Balaban J connectivity index is 1.40. The van der Waals surface area contributed by atoms with Gasteiger partial charge in [-0.1, -0.05) is 0 Å². The van der Waals surface area contributed by atoms with Gasteiger partial charge in [-0.2, -0.15) is 0 Å². The zero-order chi connectivity index (χ0) is 8.41. The highest BCUT2D eigenvalue weighted by Gasteiger charge is 2.60. The molecule has 5 unspecified atom stereocenters. The molecule has 4 aliphatic rings. The van der Waals surface area contributed by atoms with Crippen LogP contribution in [0, 0.1) is 29.6 Å². The molecule has 0 radical (unpaired) electrons. The maximum absolute atomic E-state index is 3.83. The van der Waals surface area contributed by atoms with Crippen LogP contribution < -0.4 is 5.32 Å². The molecule has 0 heterocycles. The normalized spacial score (nSPS) is 56.8. The molecule has 0 aromatic heterocycles. The third-order valence-electron chi connectivity index (χ3n) is 5.06. The van der Waals surface area contributed by atoms with Crippen molar-refractivity contribution >= 4 is 0 Å². The molecule has 1 nitrogen and oxygen atoms in total. The molecule has 0 amide bonds. The van der Waals surface area contributed by atoms with Crippen LogP contribution >= 0.6 is 0 Å². The average molecular weight is 177 g/mol. The lowest BCUT2D eigenvalue weighted by Gasteiger charge is -2.22. The van der Waals surface area contributed by atoms with Crippen LogP contribution in [0.4, 0.5) is 0 Å². The Morgan fingerprint density at radius 3 is 2.54 bits per heavy atom. The third-order valence-corrected chi connectivity index (χ3v) is 5.06. The molecule has 1 N–H and O–H groups in total. The van der Waals surface area contributed by atoms with Gasteiger partial charge in [-0.05, 0) is 68.2 Å². The highest BCUT2D eigenvalue weighted by Crippen LogP contribution is 2.65. The van der Waals surface area contributed by atoms with Gasteiger partial charge in [-0.15, -0.1) is 0 Å². The summed E-state index contributed by atoms with van der Waals surface area (Å²) < 4.78 is 0. The minimum atomic E-state index is 0.939. The third kappa shape index (κ3) is 1.03. The Kier molecular flexibility index (Phi) is 1.29. The highest BCUT2D eigenvalue weighted by molar-refractivity contribution is 5.11. The molecule has 4 rings (SSSR count). The molecular formula is C12H19N. The standard InChI is InChI=1S/C12H19N/c1-2-7(1)6-13-12-4-8-3-11(12)10-5-9(8)10/h7-13H,1-6H2. The van der Waals surface area contributed by atoms with Crippen LogP contribution in [0.15, 0.2) is 0 Å². The van der Waals surface area contributed by atoms with E-state index in [0.717, 1.165) is 23.8 Å². The van der Waals surface area contributed by atoms with Crippen molar-refractivity contribution in [3.63, 3.8) is 0 Å². The van der Waals surface area contributed by atoms with E-state index in [-0.39, 0.29) is 0 Å². The summed E-state index contributed by atoms with van der Waals surface area (Å²) in [6.45, 7) is 1.34. The Labute approximate surface area is 80.3 Å². The second-order valence-electron chi connectivity index (χ2n) is 5.92. The van der Waals surface area contributed by atoms with E-state index in [2.05, 4.69) is 5.32 Å². The summed E-state index contributed by atoms with van der Waals surface area (Å²) in [4.78, 5) is 0. The average Bonchev–Trinajstić information content (AvgIpc) is 3.04. The Bertz CT molecular complexity index is 233. The van der Waals surface area contributed by atoms with Crippen molar-refractivity contribution in [3.05, 3.63) is 0 Å². The smallest absolute Gasteiger partial charge is 0.0101 e. The van der Waals surface area contributed by atoms with E-state index >= 15 is 0 Å². The summed E-state index contributed by atoms with van der Waals surface area (Å²) in [6.07, 6.45) is 7.70. The van der Waals surface area contributed by atoms with E-state index < -0.39 is 0 Å². The lowest BCUT2D eigenvalue weighted by Crippen LogP contribution is -2.36. The predicted octanol–water partition coefficient (Wildman–Crippen LogP) is 2.03. The largest absolute Gasteiger partial charge is 0.313 e. The topological polar surface area (TPSA) is 12.0 Å². The van der Waals surface area contributed by atoms with Gasteiger partial charge < -0.3 is 5.32 Å². The molecule has 0 saturated heterocycles. The molecule has 4 aliphatic carbocycles. The number of rotatable bonds is 3. The quantitative estimate of drug-likeness (QED) is 0.695. The van der Waals surface area contributed by atoms with Crippen molar-refractivity contribution in [1.29, 1.82) is 0 Å². The van der Waals surface area contributed by atoms with E-state index in [1.165, 1.54) is 37.6 Å². The summed E-state index contributed by atoms with van der Waals surface area (Å²) in [6, 6.07) is 0.939. The zero-order valence-corrected chi connectivity index (χ0v) is 8.21. The fraction of sp³-hybridized carbons (Fsp3) is 1.00. The van der Waals surface area contributed by atoms with Gasteiger partial charge in [0.1, 0.15) is 0 Å². The fourth-order valence-electron chi connectivity index (χ4n) is 4.08. The molecule has 0 aliphatic heterocycles. The fourth-order valence-corrected chi connectivity index (χ4v) is 4.08. The first kappa shape index (κ1) is 7.28. The molecule has 0 aromatic carbocycles. The first-order valence-electron chi connectivity index (χ1n) is 6.15. The SMILES string of the molecule is C1CC1CNC1CC2CC1C1CC21. The van der Waals surface area contributed by atoms with Crippen LogP contribution in [0.25, 0.3) is 0 Å². The molecule has 0 aromatic rings. The van der Waals surface area contributed by atoms with Crippen LogP contribution in [-0.4, -0.2) is 12.6 Å². The van der Waals surface area contributed by atoms with Gasteiger partial charge in [0.15, 0.2) is 0 Å². The van der Waals surface area contributed by atoms with Crippen molar-refractivity contribution in [2.75, 3.05) is 6.54 Å². The second-order valence-corrected chi connectivity index (χ2v) is 5.92. The maximum Gasteiger partial charge on any atom is 0.0101 e. The van der Waals surface area contributed by atoms with Gasteiger partial charge in [0.05, 0.1) is 0 Å². The van der Waals surface area contributed by atoms with Gasteiger partial charge in [0, 0.05) is 6.04 Å². The van der Waals surface area contributed by atoms with Crippen molar-refractivity contribution in [3.8, 4) is 0 Å². The summed E-state index contributed by atoms with van der Waals surface area (Å²) in [7, 11) is 0. The Hall–Kier alpha value is -0.0400. The molecule has 4 saturated carbocycles. The van der Waals surface area contributed by atoms with E-state index in [1.807, 2.05) is 0 Å². The van der Waals surface area contributed by atoms with E-state index in [9.17, 15) is 0 Å². The minimum Gasteiger partial charge on any atom is -0.313 e. The van der Waals surface area contributed by atoms with Crippen LogP contribution in [0.2, 0.25) is 0 Å². The highest BCUT2D eigenvalue weighted by atomic mass is 15.0. The molecule has 1 heteroatoms. The van der Waals surface area contributed by atoms with Gasteiger partial charge in [-0.25, -0.2) is 0 Å². The molecule has 0 spiro atoms. The second kappa shape index (κ2) is 2.31. The van der Waals surface area contributed by atoms with Crippen molar-refractivity contribution in [1.82, 2.24) is 5.32 Å². The van der Waals surface area contributed by atoms with Gasteiger partial charge in [0.25, 0.3) is 0 Å². The summed E-state index contributed by atoms with van der Waals surface area (Å²) in [5, 5.41) is 3.83. The van der Waals surface area contributed by atoms with Gasteiger partial charge in [-0.3, -0.25) is 0 Å². The Morgan fingerprint density at radius 1 is 0.923 bits per heavy atom. The summed E-state index contributed by atoms with van der Waals surface area (Å²) in [5.74, 6) is 5.69. The summed E-state index contributed by atoms with van der Waals surface area (Å²) in [5.41, 5.74) is 0.